The number of hydrogen-bond acceptors (Lipinski definition) is 7. The van der Waals surface area contributed by atoms with Gasteiger partial charge in [-0.1, -0.05) is 6.07 Å². The van der Waals surface area contributed by atoms with E-state index in [9.17, 15) is 4.79 Å². The summed E-state index contributed by atoms with van der Waals surface area (Å²) in [5, 5.41) is 0.996. The van der Waals surface area contributed by atoms with Crippen molar-refractivity contribution in [2.75, 3.05) is 39.3 Å². The van der Waals surface area contributed by atoms with Crippen molar-refractivity contribution >= 4 is 60.5 Å². The number of halogens is 4. The fourth-order valence-corrected chi connectivity index (χ4v) is 5.04. The standard InChI is InChI=1S/C31H37N5O3.4ClH/c1-34-30-6-5-29(21-27(30)4-7-31(34)37)38-20-19-36(23-25-8-13-32-14-9-25)18-17-35-15-10-28(11-16-35)39-24-26-3-2-12-33-22-26;;;;/h2-9,12-14,21-22,28H,10-11,15-20,23-24H2,1H3;4*1H. The van der Waals surface area contributed by atoms with Crippen LogP contribution in [0.2, 0.25) is 0 Å². The first-order valence-corrected chi connectivity index (χ1v) is 13.7. The molecule has 3 aromatic heterocycles. The average Bonchev–Trinajstić information content (AvgIpc) is 2.98. The summed E-state index contributed by atoms with van der Waals surface area (Å²) < 4.78 is 13.9. The number of benzene rings is 1. The van der Waals surface area contributed by atoms with E-state index in [4.69, 9.17) is 9.47 Å². The lowest BCUT2D eigenvalue weighted by atomic mass is 10.1. The van der Waals surface area contributed by atoms with E-state index < -0.39 is 0 Å². The molecule has 0 N–H and O–H groups in total. The number of aromatic nitrogens is 3. The molecule has 0 spiro atoms. The summed E-state index contributed by atoms with van der Waals surface area (Å²) in [6.07, 6.45) is 9.79. The minimum absolute atomic E-state index is 0. The summed E-state index contributed by atoms with van der Waals surface area (Å²) in [7, 11) is 1.79. The largest absolute Gasteiger partial charge is 0.492 e. The fraction of sp³-hybridized carbons (Fsp3) is 0.387. The molecule has 0 amide bonds. The molecule has 236 valence electrons. The van der Waals surface area contributed by atoms with Gasteiger partial charge in [0.05, 0.1) is 18.2 Å². The fourth-order valence-electron chi connectivity index (χ4n) is 5.04. The number of fused-ring (bicyclic) bond motifs is 1. The van der Waals surface area contributed by atoms with E-state index in [1.165, 1.54) is 5.56 Å². The van der Waals surface area contributed by atoms with Gasteiger partial charge in [0, 0.05) is 82.6 Å². The van der Waals surface area contributed by atoms with Gasteiger partial charge >= 0.3 is 0 Å². The zero-order chi connectivity index (χ0) is 26.9. The third-order valence-electron chi connectivity index (χ3n) is 7.40. The highest BCUT2D eigenvalue weighted by Crippen LogP contribution is 2.20. The van der Waals surface area contributed by atoms with Gasteiger partial charge in [0.25, 0.3) is 5.56 Å². The van der Waals surface area contributed by atoms with Crippen LogP contribution in [0.5, 0.6) is 5.75 Å². The molecule has 5 rings (SSSR count). The van der Waals surface area contributed by atoms with Gasteiger partial charge in [0.15, 0.2) is 0 Å². The van der Waals surface area contributed by atoms with Gasteiger partial charge in [-0.2, -0.15) is 0 Å². The molecular weight excluding hydrogens is 632 g/mol. The Hall–Kier alpha value is -2.43. The number of rotatable bonds is 12. The first-order valence-electron chi connectivity index (χ1n) is 13.7. The number of hydrogen-bond donors (Lipinski definition) is 0. The second-order valence-electron chi connectivity index (χ2n) is 10.1. The average molecular weight is 674 g/mol. The van der Waals surface area contributed by atoms with Gasteiger partial charge in [-0.3, -0.25) is 19.7 Å². The highest BCUT2D eigenvalue weighted by molar-refractivity contribution is 5.86. The van der Waals surface area contributed by atoms with E-state index >= 15 is 0 Å². The van der Waals surface area contributed by atoms with Crippen molar-refractivity contribution in [2.24, 2.45) is 7.05 Å². The molecule has 0 radical (unpaired) electrons. The third-order valence-corrected chi connectivity index (χ3v) is 7.40. The van der Waals surface area contributed by atoms with E-state index in [1.54, 1.807) is 23.9 Å². The summed E-state index contributed by atoms with van der Waals surface area (Å²) >= 11 is 0. The number of aryl methyl sites for hydroxylation is 1. The highest BCUT2D eigenvalue weighted by atomic mass is 35.5. The van der Waals surface area contributed by atoms with Crippen LogP contribution in [0.25, 0.3) is 10.9 Å². The molecule has 12 heteroatoms. The number of nitrogens with zero attached hydrogens (tertiary/aromatic N) is 5. The number of pyridine rings is 3. The van der Waals surface area contributed by atoms with Gasteiger partial charge in [-0.05, 0) is 66.4 Å². The maximum Gasteiger partial charge on any atom is 0.250 e. The second-order valence-corrected chi connectivity index (χ2v) is 10.1. The predicted molar refractivity (Wildman–Crippen MR) is 182 cm³/mol. The van der Waals surface area contributed by atoms with Crippen LogP contribution in [0.15, 0.2) is 84.2 Å². The van der Waals surface area contributed by atoms with Crippen LogP contribution in [0.1, 0.15) is 24.0 Å². The van der Waals surface area contributed by atoms with Crippen LogP contribution in [-0.4, -0.2) is 69.8 Å². The SMILES string of the molecule is Cl.Cl.Cl.Cl.Cn1c(=O)ccc2cc(OCCN(CCN3CCC(OCc4cccnc4)CC3)Cc3ccncc3)ccc21. The van der Waals surface area contributed by atoms with Crippen LogP contribution in [0.4, 0.5) is 0 Å². The second kappa shape index (κ2) is 19.8. The Bertz CT molecular complexity index is 1390. The lowest BCUT2D eigenvalue weighted by Gasteiger charge is -2.33. The predicted octanol–water partition coefficient (Wildman–Crippen LogP) is 5.58. The quantitative estimate of drug-likeness (QED) is 0.195. The molecule has 8 nitrogen and oxygen atoms in total. The Morgan fingerprint density at radius 3 is 2.37 bits per heavy atom. The Balaban J connectivity index is 0.00000231. The molecule has 1 fully saturated rings. The molecule has 0 aliphatic carbocycles. The summed E-state index contributed by atoms with van der Waals surface area (Å²) in [5.41, 5.74) is 3.27. The summed E-state index contributed by atoms with van der Waals surface area (Å²) in [6, 6.07) is 17.5. The molecule has 4 aromatic rings. The monoisotopic (exact) mass is 671 g/mol. The van der Waals surface area contributed by atoms with Gasteiger partial charge < -0.3 is 18.9 Å². The van der Waals surface area contributed by atoms with Gasteiger partial charge in [0.2, 0.25) is 0 Å². The van der Waals surface area contributed by atoms with E-state index in [1.807, 2.05) is 48.9 Å². The Morgan fingerprint density at radius 2 is 1.65 bits per heavy atom. The summed E-state index contributed by atoms with van der Waals surface area (Å²) in [5.74, 6) is 0.818. The molecule has 4 heterocycles. The van der Waals surface area contributed by atoms with Crippen molar-refractivity contribution in [1.29, 1.82) is 0 Å². The van der Waals surface area contributed by atoms with E-state index in [2.05, 4.69) is 38.0 Å². The zero-order valence-electron chi connectivity index (χ0n) is 24.2. The van der Waals surface area contributed by atoms with Crippen LogP contribution in [-0.2, 0) is 24.9 Å². The molecule has 1 saturated heterocycles. The minimum atomic E-state index is -0.00981. The Morgan fingerprint density at radius 1 is 0.884 bits per heavy atom. The van der Waals surface area contributed by atoms with Gasteiger partial charge in [-0.25, -0.2) is 0 Å². The number of likely N-dealkylation sites (tertiary alicyclic amines) is 1. The molecule has 0 unspecified atom stereocenters. The van der Waals surface area contributed by atoms with Gasteiger partial charge in [0.1, 0.15) is 12.4 Å². The number of piperidine rings is 1. The molecule has 43 heavy (non-hydrogen) atoms. The smallest absolute Gasteiger partial charge is 0.250 e. The van der Waals surface area contributed by atoms with Crippen molar-refractivity contribution in [1.82, 2.24) is 24.3 Å². The molecule has 0 bridgehead atoms. The Kier molecular flexibility index (Phi) is 17.7. The highest BCUT2D eigenvalue weighted by Gasteiger charge is 2.20. The van der Waals surface area contributed by atoms with E-state index in [0.29, 0.717) is 19.3 Å². The van der Waals surface area contributed by atoms with Crippen LogP contribution in [0.3, 0.4) is 0 Å². The van der Waals surface area contributed by atoms with Crippen molar-refractivity contribution < 1.29 is 9.47 Å². The first-order chi connectivity index (χ1) is 19.1. The lowest BCUT2D eigenvalue weighted by molar-refractivity contribution is -0.00416. The van der Waals surface area contributed by atoms with Crippen molar-refractivity contribution in [2.45, 2.75) is 32.1 Å². The number of ether oxygens (including phenoxy) is 2. The van der Waals surface area contributed by atoms with E-state index in [-0.39, 0.29) is 55.2 Å². The van der Waals surface area contributed by atoms with Crippen molar-refractivity contribution in [3.05, 3.63) is 101 Å². The lowest BCUT2D eigenvalue weighted by Crippen LogP contribution is -2.42. The minimum Gasteiger partial charge on any atom is -0.492 e. The van der Waals surface area contributed by atoms with Crippen LogP contribution >= 0.6 is 49.6 Å². The van der Waals surface area contributed by atoms with Crippen LogP contribution < -0.4 is 10.3 Å². The third kappa shape index (κ3) is 11.5. The van der Waals surface area contributed by atoms with Gasteiger partial charge in [-0.15, -0.1) is 49.6 Å². The molecule has 1 aliphatic heterocycles. The van der Waals surface area contributed by atoms with Crippen LogP contribution in [0, 0.1) is 0 Å². The molecule has 0 atom stereocenters. The maximum atomic E-state index is 11.9. The van der Waals surface area contributed by atoms with E-state index in [0.717, 1.165) is 74.3 Å². The normalized spacial score (nSPS) is 13.3. The first kappa shape index (κ1) is 38.6. The molecular formula is C31H41Cl4N5O3. The molecule has 0 saturated carbocycles. The topological polar surface area (TPSA) is 72.7 Å². The summed E-state index contributed by atoms with van der Waals surface area (Å²) in [6.45, 7) is 6.99. The van der Waals surface area contributed by atoms with Crippen molar-refractivity contribution in [3.63, 3.8) is 0 Å². The van der Waals surface area contributed by atoms with Crippen molar-refractivity contribution in [3.8, 4) is 5.75 Å². The maximum absolute atomic E-state index is 11.9. The molecule has 1 aliphatic rings. The molecule has 1 aromatic carbocycles. The zero-order valence-corrected chi connectivity index (χ0v) is 27.5. The Labute approximate surface area is 278 Å². The summed E-state index contributed by atoms with van der Waals surface area (Å²) in [4.78, 5) is 25.2.